The zero-order chi connectivity index (χ0) is 32.3. The van der Waals surface area contributed by atoms with Gasteiger partial charge >= 0.3 is 12.1 Å². The van der Waals surface area contributed by atoms with Crippen LogP contribution in [0, 0.1) is 6.92 Å². The third-order valence-corrected chi connectivity index (χ3v) is 7.68. The number of amides is 3. The average Bonchev–Trinajstić information content (AvgIpc) is 3.41. The van der Waals surface area contributed by atoms with Gasteiger partial charge < -0.3 is 29.9 Å². The van der Waals surface area contributed by atoms with Gasteiger partial charge in [-0.25, -0.2) is 23.9 Å². The Morgan fingerprint density at radius 2 is 1.91 bits per heavy atom. The monoisotopic (exact) mass is 622 g/mol. The molecule has 5 rings (SSSR count). The lowest BCUT2D eigenvalue weighted by Gasteiger charge is -2.39. The lowest BCUT2D eigenvalue weighted by molar-refractivity contribution is -0.0641. The number of hydrogen-bond acceptors (Lipinski definition) is 8. The molecule has 0 bridgehead atoms. The molecule has 4 heterocycles. The van der Waals surface area contributed by atoms with Crippen LogP contribution >= 0.6 is 0 Å². The Morgan fingerprint density at radius 3 is 2.60 bits per heavy atom. The first-order chi connectivity index (χ1) is 21.3. The molecule has 2 saturated heterocycles. The highest BCUT2D eigenvalue weighted by Gasteiger charge is 2.35. The number of aryl methyl sites for hydroxylation is 1. The molecule has 45 heavy (non-hydrogen) atoms. The number of piperidine rings is 1. The molecule has 13 heteroatoms. The number of nitrogens with one attached hydrogen (secondary N) is 2. The highest BCUT2D eigenvalue weighted by molar-refractivity contribution is 5.75. The molecule has 2 atom stereocenters. The minimum absolute atomic E-state index is 0.0509. The number of carbonyl (C=O) groups is 2. The van der Waals surface area contributed by atoms with Crippen LogP contribution in [0.3, 0.4) is 0 Å². The Bertz CT molecular complexity index is 1500. The summed E-state index contributed by atoms with van der Waals surface area (Å²) in [6, 6.07) is 7.24. The molecule has 2 aliphatic rings. The third kappa shape index (κ3) is 8.27. The molecule has 3 aromatic rings. The van der Waals surface area contributed by atoms with Crippen LogP contribution in [0.25, 0.3) is 11.3 Å². The van der Waals surface area contributed by atoms with Gasteiger partial charge in [-0.15, -0.1) is 0 Å². The van der Waals surface area contributed by atoms with Gasteiger partial charge in [-0.1, -0.05) is 12.1 Å². The summed E-state index contributed by atoms with van der Waals surface area (Å²) in [5.41, 5.74) is 3.69. The van der Waals surface area contributed by atoms with Crippen molar-refractivity contribution in [3.8, 4) is 11.3 Å². The van der Waals surface area contributed by atoms with Gasteiger partial charge in [0.2, 0.25) is 5.95 Å². The molecule has 0 radical (unpaired) electrons. The van der Waals surface area contributed by atoms with Crippen LogP contribution in [0.1, 0.15) is 58.2 Å². The van der Waals surface area contributed by atoms with Crippen molar-refractivity contribution < 1.29 is 23.5 Å². The van der Waals surface area contributed by atoms with Crippen LogP contribution in [0.4, 0.5) is 25.6 Å². The lowest BCUT2D eigenvalue weighted by Crippen LogP contribution is -2.58. The lowest BCUT2D eigenvalue weighted by atomic mass is 10.0. The average molecular weight is 623 g/mol. The van der Waals surface area contributed by atoms with Crippen molar-refractivity contribution in [1.29, 1.82) is 0 Å². The maximum atomic E-state index is 15.1. The van der Waals surface area contributed by atoms with Crippen molar-refractivity contribution in [3.05, 3.63) is 54.0 Å². The Hall–Kier alpha value is -4.26. The van der Waals surface area contributed by atoms with Gasteiger partial charge in [0, 0.05) is 31.0 Å². The molecule has 2 N–H and O–H groups in total. The maximum Gasteiger partial charge on any atom is 0.410 e. The number of rotatable bonds is 8. The first kappa shape index (κ1) is 32.1. The van der Waals surface area contributed by atoms with E-state index in [1.807, 2.05) is 45.0 Å². The fraction of sp³-hybridized carbons (Fsp3) is 0.531. The first-order valence-corrected chi connectivity index (χ1v) is 15.4. The first-order valence-electron chi connectivity index (χ1n) is 15.4. The minimum atomic E-state index is -1.29. The fourth-order valence-electron chi connectivity index (χ4n) is 5.39. The van der Waals surface area contributed by atoms with Crippen LogP contribution in [0.15, 0.2) is 42.9 Å². The summed E-state index contributed by atoms with van der Waals surface area (Å²) in [5.74, 6) is 0.381. The number of likely N-dealkylation sites (tertiary alicyclic amines) is 2. The Kier molecular flexibility index (Phi) is 9.56. The van der Waals surface area contributed by atoms with E-state index in [1.54, 1.807) is 48.9 Å². The number of nitrogens with zero attached hydrogens (tertiary/aromatic N) is 6. The topological polar surface area (TPSA) is 127 Å². The van der Waals surface area contributed by atoms with E-state index in [2.05, 4.69) is 25.7 Å². The summed E-state index contributed by atoms with van der Waals surface area (Å²) in [4.78, 5) is 37.0. The SMILES string of the molecule is Cc1cc(-c2ccnc(Nc3cnn([C@@H]4CCN(C(=O)OC(C)(C)C)C[C@H]4F)c3)n2)ccc1CNC(=O)N1CC(OC(C)C)C1. The zero-order valence-electron chi connectivity index (χ0n) is 26.8. The molecular formula is C32H43FN8O4. The molecule has 2 fully saturated rings. The van der Waals surface area contributed by atoms with E-state index in [9.17, 15) is 9.59 Å². The zero-order valence-corrected chi connectivity index (χ0v) is 26.8. The molecule has 0 unspecified atom stereocenters. The van der Waals surface area contributed by atoms with Gasteiger partial charge in [-0.05, 0) is 71.2 Å². The highest BCUT2D eigenvalue weighted by atomic mass is 19.1. The number of carbonyl (C=O) groups excluding carboxylic acids is 2. The summed E-state index contributed by atoms with van der Waals surface area (Å²) in [5, 5.41) is 10.5. The number of aromatic nitrogens is 4. The standard InChI is InChI=1S/C32H43FN8O4/c1-20(2)44-25-17-40(18-25)30(42)35-14-23-8-7-22(13-21(23)3)27-9-11-34-29(38-27)37-24-15-36-41(16-24)28-10-12-39(19-26(28)33)31(43)45-32(4,5)6/h7-9,11,13,15-16,20,25-26,28H,10,12,14,17-19H2,1-6H3,(H,35,42)(H,34,37,38)/t26-,28-/m1/s1. The van der Waals surface area contributed by atoms with Crippen LogP contribution < -0.4 is 10.6 Å². The number of ether oxygens (including phenoxy) is 2. The van der Waals surface area contributed by atoms with Crippen LogP contribution in [-0.2, 0) is 16.0 Å². The summed E-state index contributed by atoms with van der Waals surface area (Å²) >= 11 is 0. The van der Waals surface area contributed by atoms with E-state index in [0.29, 0.717) is 44.2 Å². The molecule has 2 aromatic heterocycles. The Balaban J connectivity index is 1.15. The smallest absolute Gasteiger partial charge is 0.410 e. The van der Waals surface area contributed by atoms with Crippen molar-refractivity contribution in [1.82, 2.24) is 34.9 Å². The Morgan fingerprint density at radius 1 is 1.13 bits per heavy atom. The second kappa shape index (κ2) is 13.4. The number of anilines is 2. The quantitative estimate of drug-likeness (QED) is 0.350. The van der Waals surface area contributed by atoms with Gasteiger partial charge in [0.15, 0.2) is 0 Å². The molecule has 0 spiro atoms. The number of benzene rings is 1. The second-order valence-electron chi connectivity index (χ2n) is 12.9. The van der Waals surface area contributed by atoms with E-state index < -0.39 is 23.9 Å². The van der Waals surface area contributed by atoms with Crippen molar-refractivity contribution in [2.75, 3.05) is 31.5 Å². The van der Waals surface area contributed by atoms with Crippen molar-refractivity contribution in [2.24, 2.45) is 0 Å². The molecule has 242 valence electrons. The van der Waals surface area contributed by atoms with E-state index in [0.717, 1.165) is 22.4 Å². The third-order valence-electron chi connectivity index (χ3n) is 7.68. The van der Waals surface area contributed by atoms with Gasteiger partial charge in [-0.3, -0.25) is 4.68 Å². The van der Waals surface area contributed by atoms with Gasteiger partial charge in [0.1, 0.15) is 11.8 Å². The number of urea groups is 1. The maximum absolute atomic E-state index is 15.1. The largest absolute Gasteiger partial charge is 0.444 e. The molecule has 2 aliphatic heterocycles. The molecular weight excluding hydrogens is 579 g/mol. The van der Waals surface area contributed by atoms with E-state index >= 15 is 4.39 Å². The van der Waals surface area contributed by atoms with Crippen molar-refractivity contribution >= 4 is 23.8 Å². The second-order valence-corrected chi connectivity index (χ2v) is 12.9. The molecule has 3 amide bonds. The molecule has 0 aliphatic carbocycles. The van der Waals surface area contributed by atoms with Crippen molar-refractivity contribution in [3.63, 3.8) is 0 Å². The summed E-state index contributed by atoms with van der Waals surface area (Å²) in [6.45, 7) is 13.3. The number of alkyl halides is 1. The van der Waals surface area contributed by atoms with E-state index in [4.69, 9.17) is 9.47 Å². The molecule has 0 saturated carbocycles. The molecule has 1 aromatic carbocycles. The normalized spacial score (nSPS) is 18.9. The van der Waals surface area contributed by atoms with Gasteiger partial charge in [-0.2, -0.15) is 5.10 Å². The summed E-state index contributed by atoms with van der Waals surface area (Å²) in [7, 11) is 0. The highest BCUT2D eigenvalue weighted by Crippen LogP contribution is 2.28. The minimum Gasteiger partial charge on any atom is -0.444 e. The Labute approximate surface area is 263 Å². The number of halogens is 1. The predicted molar refractivity (Wildman–Crippen MR) is 168 cm³/mol. The van der Waals surface area contributed by atoms with Gasteiger partial charge in [0.25, 0.3) is 0 Å². The van der Waals surface area contributed by atoms with E-state index in [1.165, 1.54) is 4.90 Å². The summed E-state index contributed by atoms with van der Waals surface area (Å²) < 4.78 is 27.8. The van der Waals surface area contributed by atoms with Crippen LogP contribution in [-0.4, -0.2) is 91.8 Å². The van der Waals surface area contributed by atoms with Gasteiger partial charge in [0.05, 0.1) is 55.5 Å². The van der Waals surface area contributed by atoms with Crippen molar-refractivity contribution in [2.45, 2.75) is 84.5 Å². The van der Waals surface area contributed by atoms with Crippen LogP contribution in [0.5, 0.6) is 0 Å². The predicted octanol–water partition coefficient (Wildman–Crippen LogP) is 5.23. The number of hydrogen-bond donors (Lipinski definition) is 2. The fourth-order valence-corrected chi connectivity index (χ4v) is 5.39. The molecule has 12 nitrogen and oxygen atoms in total. The summed E-state index contributed by atoms with van der Waals surface area (Å²) in [6.07, 6.45) is 3.89. The van der Waals surface area contributed by atoms with E-state index in [-0.39, 0.29) is 24.8 Å². The van der Waals surface area contributed by atoms with Crippen LogP contribution in [0.2, 0.25) is 0 Å².